The molecule has 3 aliphatic rings. The fraction of sp³-hybridized carbons (Fsp3) is 0.548. The Hall–Kier alpha value is -2.22. The van der Waals surface area contributed by atoms with Crippen LogP contribution < -0.4 is 24.3 Å². The summed E-state index contributed by atoms with van der Waals surface area (Å²) in [6.07, 6.45) is 7.37. The second-order valence-corrected chi connectivity index (χ2v) is 10.6. The normalized spacial score (nSPS) is 24.2. The fourth-order valence-corrected chi connectivity index (χ4v) is 6.84. The lowest BCUT2D eigenvalue weighted by Crippen LogP contribution is -2.46. The number of nitrogens with zero attached hydrogens (tertiary/aromatic N) is 1. The Morgan fingerprint density at radius 2 is 1.58 bits per heavy atom. The van der Waals surface area contributed by atoms with Crippen LogP contribution >= 0.6 is 17.0 Å². The van der Waals surface area contributed by atoms with Crippen LogP contribution in [0.2, 0.25) is 0 Å². The van der Waals surface area contributed by atoms with Crippen LogP contribution in [-0.4, -0.2) is 52.5 Å². The first kappa shape index (κ1) is 28.8. The molecule has 208 valence electrons. The Morgan fingerprint density at radius 1 is 0.921 bits per heavy atom. The van der Waals surface area contributed by atoms with Crippen molar-refractivity contribution in [2.24, 2.45) is 11.8 Å². The van der Waals surface area contributed by atoms with E-state index in [4.69, 9.17) is 18.9 Å². The number of hydrogen-bond donors (Lipinski definition) is 1. The Morgan fingerprint density at radius 3 is 2.29 bits per heavy atom. The van der Waals surface area contributed by atoms with Crippen LogP contribution in [-0.2, 0) is 12.8 Å². The topological polar surface area (TPSA) is 52.2 Å². The number of fused-ring (bicyclic) bond motifs is 4. The average molecular weight is 588 g/mol. The molecule has 4 atom stereocenters. The molecule has 6 nitrogen and oxygen atoms in total. The van der Waals surface area contributed by atoms with Crippen LogP contribution in [0, 0.1) is 11.8 Å². The van der Waals surface area contributed by atoms with Gasteiger partial charge in [-0.15, -0.1) is 17.0 Å². The van der Waals surface area contributed by atoms with Crippen molar-refractivity contribution in [3.63, 3.8) is 0 Å². The first-order valence-corrected chi connectivity index (χ1v) is 13.8. The molecule has 3 aliphatic heterocycles. The summed E-state index contributed by atoms with van der Waals surface area (Å²) in [5.74, 6) is 4.62. The number of ether oxygens (including phenoxy) is 4. The molecule has 0 bridgehead atoms. The van der Waals surface area contributed by atoms with E-state index in [0.717, 1.165) is 61.9 Å². The predicted octanol–water partition coefficient (Wildman–Crippen LogP) is 6.08. The minimum Gasteiger partial charge on any atom is -0.493 e. The SMILES string of the molecule is Br.C=CCOc1cc2c(cc1OC)[C@@H](C[C@H]1C[C@H]3c4cc(OC)c(OC)cc4CCN3C[C@@H]1CC)NCC2. The molecule has 5 rings (SSSR count). The van der Waals surface area contributed by atoms with E-state index in [1.165, 1.54) is 35.1 Å². The molecule has 0 amide bonds. The highest BCUT2D eigenvalue weighted by Gasteiger charge is 2.40. The molecular formula is C31H43BrN2O4. The first-order valence-electron chi connectivity index (χ1n) is 13.8. The van der Waals surface area contributed by atoms with Crippen LogP contribution in [0.25, 0.3) is 0 Å². The van der Waals surface area contributed by atoms with Crippen LogP contribution in [0.3, 0.4) is 0 Å². The number of methoxy groups -OCH3 is 3. The van der Waals surface area contributed by atoms with Gasteiger partial charge in [-0.2, -0.15) is 0 Å². The van der Waals surface area contributed by atoms with Gasteiger partial charge in [-0.05, 0) is 90.6 Å². The molecule has 1 N–H and O–H groups in total. The summed E-state index contributed by atoms with van der Waals surface area (Å²) in [7, 11) is 5.18. The van der Waals surface area contributed by atoms with Gasteiger partial charge in [0, 0.05) is 25.2 Å². The van der Waals surface area contributed by atoms with Crippen LogP contribution in [0.5, 0.6) is 23.0 Å². The number of rotatable bonds is 9. The van der Waals surface area contributed by atoms with Crippen LogP contribution in [0.1, 0.15) is 60.5 Å². The Bertz CT molecular complexity index is 1120. The lowest BCUT2D eigenvalue weighted by molar-refractivity contribution is 0.0434. The van der Waals surface area contributed by atoms with Gasteiger partial charge in [0.15, 0.2) is 23.0 Å². The maximum Gasteiger partial charge on any atom is 0.161 e. The molecule has 2 aromatic rings. The van der Waals surface area contributed by atoms with E-state index >= 15 is 0 Å². The number of hydrogen-bond acceptors (Lipinski definition) is 6. The number of nitrogens with one attached hydrogen (secondary N) is 1. The van der Waals surface area contributed by atoms with E-state index in [2.05, 4.69) is 48.0 Å². The molecule has 1 fully saturated rings. The molecule has 1 saturated heterocycles. The fourth-order valence-electron chi connectivity index (χ4n) is 6.84. The quantitative estimate of drug-likeness (QED) is 0.359. The monoisotopic (exact) mass is 586 g/mol. The third-order valence-corrected chi connectivity index (χ3v) is 8.78. The van der Waals surface area contributed by atoms with Gasteiger partial charge in [0.25, 0.3) is 0 Å². The third kappa shape index (κ3) is 5.56. The van der Waals surface area contributed by atoms with Crippen molar-refractivity contribution in [2.45, 2.75) is 51.1 Å². The molecule has 0 radical (unpaired) electrons. The van der Waals surface area contributed by atoms with E-state index in [0.29, 0.717) is 30.5 Å². The highest BCUT2D eigenvalue weighted by atomic mass is 79.9. The summed E-state index contributed by atoms with van der Waals surface area (Å²) in [5.41, 5.74) is 5.56. The molecule has 38 heavy (non-hydrogen) atoms. The third-order valence-electron chi connectivity index (χ3n) is 8.78. The van der Waals surface area contributed by atoms with Gasteiger partial charge >= 0.3 is 0 Å². The number of halogens is 1. The zero-order valence-corrected chi connectivity index (χ0v) is 25.0. The van der Waals surface area contributed by atoms with Gasteiger partial charge in [-0.3, -0.25) is 4.90 Å². The van der Waals surface area contributed by atoms with Gasteiger partial charge < -0.3 is 24.3 Å². The van der Waals surface area contributed by atoms with Crippen molar-refractivity contribution in [1.82, 2.24) is 10.2 Å². The zero-order valence-electron chi connectivity index (χ0n) is 23.3. The molecule has 0 aliphatic carbocycles. The minimum atomic E-state index is 0. The Balaban J connectivity index is 0.00000336. The standard InChI is InChI=1S/C31H42N2O4.BrH/c1-6-12-37-31-16-21-8-10-32-26(24(21)17-30(31)36-5)13-23-14-27-25-18-29(35-4)28(34-3)15-22(25)9-11-33(27)19-20(23)7-2;/h6,15-18,20,23,26-27,32H,1,7-14,19H2,2-5H3;1H/t20-,23-,26+,27-;/m0./s1. The van der Waals surface area contributed by atoms with E-state index in [1.54, 1.807) is 27.4 Å². The van der Waals surface area contributed by atoms with Crippen molar-refractivity contribution in [2.75, 3.05) is 47.6 Å². The van der Waals surface area contributed by atoms with Gasteiger partial charge in [-0.25, -0.2) is 0 Å². The Kier molecular flexibility index (Phi) is 9.66. The predicted molar refractivity (Wildman–Crippen MR) is 158 cm³/mol. The average Bonchev–Trinajstić information content (AvgIpc) is 2.94. The van der Waals surface area contributed by atoms with Gasteiger partial charge in [0.2, 0.25) is 0 Å². The van der Waals surface area contributed by atoms with E-state index in [-0.39, 0.29) is 17.0 Å². The molecule has 0 saturated carbocycles. The van der Waals surface area contributed by atoms with Crippen molar-refractivity contribution in [1.29, 1.82) is 0 Å². The maximum absolute atomic E-state index is 5.90. The largest absolute Gasteiger partial charge is 0.493 e. The first-order chi connectivity index (χ1) is 18.1. The number of piperidine rings is 1. The van der Waals surface area contributed by atoms with Crippen molar-refractivity contribution >= 4 is 17.0 Å². The van der Waals surface area contributed by atoms with Gasteiger partial charge in [0.05, 0.1) is 21.3 Å². The van der Waals surface area contributed by atoms with Gasteiger partial charge in [0.1, 0.15) is 6.61 Å². The minimum absolute atomic E-state index is 0. The molecule has 0 unspecified atom stereocenters. The van der Waals surface area contributed by atoms with Crippen molar-refractivity contribution in [3.05, 3.63) is 59.2 Å². The molecule has 0 aromatic heterocycles. The van der Waals surface area contributed by atoms with E-state index in [9.17, 15) is 0 Å². The van der Waals surface area contributed by atoms with E-state index < -0.39 is 0 Å². The summed E-state index contributed by atoms with van der Waals surface area (Å²) in [5, 5.41) is 3.84. The second-order valence-electron chi connectivity index (χ2n) is 10.6. The highest BCUT2D eigenvalue weighted by Crippen LogP contribution is 2.48. The second kappa shape index (κ2) is 12.8. The van der Waals surface area contributed by atoms with Crippen molar-refractivity contribution < 1.29 is 18.9 Å². The smallest absolute Gasteiger partial charge is 0.161 e. The summed E-state index contributed by atoms with van der Waals surface area (Å²) in [6.45, 7) is 9.89. The van der Waals surface area contributed by atoms with Crippen LogP contribution in [0.15, 0.2) is 36.9 Å². The molecule has 7 heteroatoms. The van der Waals surface area contributed by atoms with Crippen molar-refractivity contribution in [3.8, 4) is 23.0 Å². The molecular weight excluding hydrogens is 544 g/mol. The zero-order chi connectivity index (χ0) is 25.9. The summed E-state index contributed by atoms with van der Waals surface area (Å²) < 4.78 is 22.9. The van der Waals surface area contributed by atoms with E-state index in [1.807, 2.05) is 0 Å². The summed E-state index contributed by atoms with van der Waals surface area (Å²) >= 11 is 0. The summed E-state index contributed by atoms with van der Waals surface area (Å²) in [6, 6.07) is 9.58. The van der Waals surface area contributed by atoms with Gasteiger partial charge in [-0.1, -0.05) is 26.0 Å². The lowest BCUT2D eigenvalue weighted by atomic mass is 9.72. The lowest BCUT2D eigenvalue weighted by Gasteiger charge is -2.48. The molecule has 2 aromatic carbocycles. The molecule has 0 spiro atoms. The van der Waals surface area contributed by atoms with Crippen LogP contribution in [0.4, 0.5) is 0 Å². The molecule has 3 heterocycles. The number of benzene rings is 2. The maximum atomic E-state index is 5.90. The Labute approximate surface area is 238 Å². The highest BCUT2D eigenvalue weighted by molar-refractivity contribution is 8.93. The summed E-state index contributed by atoms with van der Waals surface area (Å²) in [4.78, 5) is 2.72.